The van der Waals surface area contributed by atoms with E-state index in [0.717, 1.165) is 40.9 Å². The Kier molecular flexibility index (Phi) is 3.80. The molecule has 0 saturated heterocycles. The van der Waals surface area contributed by atoms with Crippen molar-refractivity contribution in [3.63, 3.8) is 0 Å². The second-order valence-electron chi connectivity index (χ2n) is 6.02. The normalized spacial score (nSPS) is 13.6. The molecule has 6 heteroatoms. The topological polar surface area (TPSA) is 67.5 Å². The summed E-state index contributed by atoms with van der Waals surface area (Å²) in [4.78, 5) is 22.2. The number of H-pyrrole nitrogens is 1. The number of methoxy groups -OCH3 is 2. The van der Waals surface area contributed by atoms with Crippen molar-refractivity contribution in [2.75, 3.05) is 25.7 Å². The number of nitrogens with one attached hydrogen (secondary N) is 1. The first-order valence-electron chi connectivity index (χ1n) is 8.21. The molecular formula is C19H19N3O3. The largest absolute Gasteiger partial charge is 0.497 e. The van der Waals surface area contributed by atoms with Gasteiger partial charge >= 0.3 is 0 Å². The molecule has 3 aromatic rings. The van der Waals surface area contributed by atoms with Gasteiger partial charge in [0.1, 0.15) is 11.5 Å². The van der Waals surface area contributed by atoms with Crippen LogP contribution in [0.4, 0.5) is 5.69 Å². The van der Waals surface area contributed by atoms with Gasteiger partial charge in [0.15, 0.2) is 0 Å². The molecule has 0 bridgehead atoms. The van der Waals surface area contributed by atoms with Crippen LogP contribution in [0.3, 0.4) is 0 Å². The second-order valence-corrected chi connectivity index (χ2v) is 6.02. The average molecular weight is 337 g/mol. The first kappa shape index (κ1) is 15.5. The van der Waals surface area contributed by atoms with Gasteiger partial charge in [0.25, 0.3) is 5.91 Å². The molecule has 1 amide bonds. The number of hydrogen-bond donors (Lipinski definition) is 1. The molecule has 0 radical (unpaired) electrons. The summed E-state index contributed by atoms with van der Waals surface area (Å²) < 4.78 is 10.9. The SMILES string of the molecule is COc1cc(OC)c2c(c1)N(C(=O)c1ccc3nc[nH]c3c1)CCC2. The quantitative estimate of drug-likeness (QED) is 0.797. The fourth-order valence-electron chi connectivity index (χ4n) is 3.37. The standard InChI is InChI=1S/C19H19N3O3/c1-24-13-9-17-14(18(10-13)25-2)4-3-7-22(17)19(23)12-5-6-15-16(8-12)21-11-20-15/h5-6,8-11H,3-4,7H2,1-2H3,(H,20,21). The molecule has 1 aromatic heterocycles. The molecule has 4 rings (SSSR count). The van der Waals surface area contributed by atoms with Crippen LogP contribution in [0.2, 0.25) is 0 Å². The van der Waals surface area contributed by atoms with Gasteiger partial charge in [-0.05, 0) is 31.0 Å². The Morgan fingerprint density at radius 2 is 2.08 bits per heavy atom. The van der Waals surface area contributed by atoms with E-state index in [1.807, 2.05) is 30.3 Å². The zero-order valence-corrected chi connectivity index (χ0v) is 14.2. The zero-order valence-electron chi connectivity index (χ0n) is 14.2. The van der Waals surface area contributed by atoms with Crippen LogP contribution < -0.4 is 14.4 Å². The van der Waals surface area contributed by atoms with Crippen LogP contribution >= 0.6 is 0 Å². The van der Waals surface area contributed by atoms with Crippen LogP contribution in [-0.4, -0.2) is 36.6 Å². The van der Waals surface area contributed by atoms with Crippen LogP contribution in [0.5, 0.6) is 11.5 Å². The van der Waals surface area contributed by atoms with Crippen LogP contribution in [0.25, 0.3) is 11.0 Å². The molecule has 0 spiro atoms. The van der Waals surface area contributed by atoms with Gasteiger partial charge in [0.2, 0.25) is 0 Å². The summed E-state index contributed by atoms with van der Waals surface area (Å²) >= 11 is 0. The lowest BCUT2D eigenvalue weighted by molar-refractivity contribution is 0.0985. The number of benzene rings is 2. The predicted molar refractivity (Wildman–Crippen MR) is 95.6 cm³/mol. The highest BCUT2D eigenvalue weighted by Crippen LogP contribution is 2.38. The van der Waals surface area contributed by atoms with Gasteiger partial charge < -0.3 is 19.4 Å². The lowest BCUT2D eigenvalue weighted by Crippen LogP contribution is -2.35. The molecule has 0 unspecified atom stereocenters. The number of ether oxygens (including phenoxy) is 2. The number of rotatable bonds is 3. The highest BCUT2D eigenvalue weighted by atomic mass is 16.5. The first-order chi connectivity index (χ1) is 12.2. The monoisotopic (exact) mass is 337 g/mol. The van der Waals surface area contributed by atoms with Gasteiger partial charge in [-0.3, -0.25) is 4.79 Å². The van der Waals surface area contributed by atoms with Crippen molar-refractivity contribution in [2.45, 2.75) is 12.8 Å². The number of amides is 1. The smallest absolute Gasteiger partial charge is 0.258 e. The van der Waals surface area contributed by atoms with Gasteiger partial charge in [0.05, 0.1) is 37.3 Å². The average Bonchev–Trinajstić information content (AvgIpc) is 3.13. The van der Waals surface area contributed by atoms with E-state index in [-0.39, 0.29) is 5.91 Å². The number of carbonyl (C=O) groups is 1. The van der Waals surface area contributed by atoms with E-state index in [9.17, 15) is 4.79 Å². The number of carbonyl (C=O) groups excluding carboxylic acids is 1. The van der Waals surface area contributed by atoms with Gasteiger partial charge in [-0.1, -0.05) is 0 Å². The summed E-state index contributed by atoms with van der Waals surface area (Å²) in [7, 11) is 3.25. The number of fused-ring (bicyclic) bond motifs is 2. The molecule has 0 fully saturated rings. The summed E-state index contributed by atoms with van der Waals surface area (Å²) in [5.41, 5.74) is 4.24. The number of anilines is 1. The van der Waals surface area contributed by atoms with E-state index in [1.54, 1.807) is 25.4 Å². The first-order valence-corrected chi connectivity index (χ1v) is 8.21. The minimum Gasteiger partial charge on any atom is -0.497 e. The highest BCUT2D eigenvalue weighted by molar-refractivity contribution is 6.08. The maximum atomic E-state index is 13.1. The lowest BCUT2D eigenvalue weighted by Gasteiger charge is -2.31. The minimum atomic E-state index is -0.0345. The molecule has 6 nitrogen and oxygen atoms in total. The van der Waals surface area contributed by atoms with E-state index in [4.69, 9.17) is 9.47 Å². The zero-order chi connectivity index (χ0) is 17.4. The molecule has 128 valence electrons. The summed E-state index contributed by atoms with van der Waals surface area (Å²) in [5.74, 6) is 1.41. The number of hydrogen-bond acceptors (Lipinski definition) is 4. The molecule has 2 heterocycles. The van der Waals surface area contributed by atoms with Gasteiger partial charge in [-0.25, -0.2) is 4.98 Å². The van der Waals surface area contributed by atoms with Crippen molar-refractivity contribution in [3.05, 3.63) is 47.8 Å². The summed E-state index contributed by atoms with van der Waals surface area (Å²) in [6, 6.07) is 9.29. The Morgan fingerprint density at radius 1 is 1.20 bits per heavy atom. The molecule has 2 aromatic carbocycles. The van der Waals surface area contributed by atoms with Crippen LogP contribution in [0.15, 0.2) is 36.7 Å². The Hall–Kier alpha value is -3.02. The Labute approximate surface area is 145 Å². The van der Waals surface area contributed by atoms with Crippen molar-refractivity contribution in [1.82, 2.24) is 9.97 Å². The molecule has 25 heavy (non-hydrogen) atoms. The van der Waals surface area contributed by atoms with Crippen molar-refractivity contribution in [1.29, 1.82) is 0 Å². The number of aromatic amines is 1. The van der Waals surface area contributed by atoms with Gasteiger partial charge in [0, 0.05) is 29.8 Å². The predicted octanol–water partition coefficient (Wildman–Crippen LogP) is 3.17. The van der Waals surface area contributed by atoms with E-state index in [1.165, 1.54) is 0 Å². The van der Waals surface area contributed by atoms with E-state index < -0.39 is 0 Å². The van der Waals surface area contributed by atoms with Crippen molar-refractivity contribution >= 4 is 22.6 Å². The van der Waals surface area contributed by atoms with Crippen LogP contribution in [0, 0.1) is 0 Å². The Morgan fingerprint density at radius 3 is 2.88 bits per heavy atom. The molecule has 0 aliphatic carbocycles. The lowest BCUT2D eigenvalue weighted by atomic mass is 9.99. The molecule has 0 saturated carbocycles. The van der Waals surface area contributed by atoms with Gasteiger partial charge in [-0.15, -0.1) is 0 Å². The van der Waals surface area contributed by atoms with Gasteiger partial charge in [-0.2, -0.15) is 0 Å². The summed E-state index contributed by atoms with van der Waals surface area (Å²) in [6.45, 7) is 0.670. The fourth-order valence-corrected chi connectivity index (χ4v) is 3.37. The number of nitrogens with zero attached hydrogens (tertiary/aromatic N) is 2. The van der Waals surface area contributed by atoms with Crippen molar-refractivity contribution < 1.29 is 14.3 Å². The third kappa shape index (κ3) is 2.59. The molecule has 1 N–H and O–H groups in total. The third-order valence-electron chi connectivity index (χ3n) is 4.63. The van der Waals surface area contributed by atoms with E-state index >= 15 is 0 Å². The number of aromatic nitrogens is 2. The Bertz CT molecular complexity index is 948. The molecule has 1 aliphatic heterocycles. The summed E-state index contributed by atoms with van der Waals surface area (Å²) in [5, 5.41) is 0. The van der Waals surface area contributed by atoms with Crippen molar-refractivity contribution in [3.8, 4) is 11.5 Å². The maximum absolute atomic E-state index is 13.1. The van der Waals surface area contributed by atoms with Crippen LogP contribution in [0.1, 0.15) is 22.3 Å². The molecule has 0 atom stereocenters. The van der Waals surface area contributed by atoms with E-state index in [2.05, 4.69) is 9.97 Å². The fraction of sp³-hybridized carbons (Fsp3) is 0.263. The van der Waals surface area contributed by atoms with Crippen molar-refractivity contribution in [2.24, 2.45) is 0 Å². The summed E-state index contributed by atoms with van der Waals surface area (Å²) in [6.07, 6.45) is 3.41. The van der Waals surface area contributed by atoms with Crippen LogP contribution in [-0.2, 0) is 6.42 Å². The highest BCUT2D eigenvalue weighted by Gasteiger charge is 2.27. The Balaban J connectivity index is 1.78. The minimum absolute atomic E-state index is 0.0345. The van der Waals surface area contributed by atoms with E-state index in [0.29, 0.717) is 17.9 Å². The molecule has 1 aliphatic rings. The second kappa shape index (κ2) is 6.12. The third-order valence-corrected chi connectivity index (χ3v) is 4.63. The molecular weight excluding hydrogens is 318 g/mol. The number of imidazole rings is 1. The maximum Gasteiger partial charge on any atom is 0.258 e.